The number of hydrogen-bond acceptors (Lipinski definition) is 6. The molecule has 1 aromatic heterocycles. The Kier molecular flexibility index (Phi) is 6.79. The number of nitriles is 1. The minimum atomic E-state index is -0.980. The van der Waals surface area contributed by atoms with E-state index in [1.54, 1.807) is 19.1 Å². The molecular weight excluding hydrogens is 366 g/mol. The molecule has 7 nitrogen and oxygen atoms in total. The van der Waals surface area contributed by atoms with Crippen molar-refractivity contribution in [3.05, 3.63) is 57.4 Å². The van der Waals surface area contributed by atoms with Crippen molar-refractivity contribution in [2.45, 2.75) is 31.9 Å². The standard InChI is InChI=1S/C19H19N3O4S/c1-11-4-6-14(7-5-11)21-18(25)13(3)26-17(24)10-27-19-15(9-20)12(2)8-16(23)22-19/h4-8,13H,10H2,1-3H3,(H,21,25)(H,22,23)/t13-/m0/s1. The first-order valence-corrected chi connectivity index (χ1v) is 9.12. The second-order valence-corrected chi connectivity index (χ2v) is 6.89. The number of anilines is 1. The largest absolute Gasteiger partial charge is 0.452 e. The number of aromatic amines is 1. The Bertz CT molecular complexity index is 945. The molecule has 0 aliphatic rings. The lowest BCUT2D eigenvalue weighted by molar-refractivity contribution is -0.150. The van der Waals surface area contributed by atoms with Gasteiger partial charge in [-0.25, -0.2) is 0 Å². The molecule has 2 aromatic rings. The summed E-state index contributed by atoms with van der Waals surface area (Å²) in [5.74, 6) is -1.22. The lowest BCUT2D eigenvalue weighted by atomic mass is 10.2. The first kappa shape index (κ1) is 20.3. The molecular formula is C19H19N3O4S. The average molecular weight is 385 g/mol. The van der Waals surface area contributed by atoms with Gasteiger partial charge in [0, 0.05) is 11.8 Å². The van der Waals surface area contributed by atoms with Gasteiger partial charge in [-0.15, -0.1) is 0 Å². The van der Waals surface area contributed by atoms with Crippen molar-refractivity contribution >= 4 is 29.3 Å². The van der Waals surface area contributed by atoms with Gasteiger partial charge in [0.15, 0.2) is 6.10 Å². The number of amides is 1. The van der Waals surface area contributed by atoms with Gasteiger partial charge in [0.2, 0.25) is 5.56 Å². The Morgan fingerprint density at radius 1 is 1.30 bits per heavy atom. The van der Waals surface area contributed by atoms with E-state index in [4.69, 9.17) is 4.74 Å². The van der Waals surface area contributed by atoms with E-state index in [0.717, 1.165) is 17.3 Å². The first-order chi connectivity index (χ1) is 12.8. The number of nitrogens with one attached hydrogen (secondary N) is 2. The molecule has 0 spiro atoms. The fraction of sp³-hybridized carbons (Fsp3) is 0.263. The van der Waals surface area contributed by atoms with Crippen molar-refractivity contribution in [1.29, 1.82) is 5.26 Å². The maximum Gasteiger partial charge on any atom is 0.317 e. The quantitative estimate of drug-likeness (QED) is 0.584. The van der Waals surface area contributed by atoms with Crippen LogP contribution >= 0.6 is 11.8 Å². The molecule has 0 bridgehead atoms. The first-order valence-electron chi connectivity index (χ1n) is 8.14. The van der Waals surface area contributed by atoms with Gasteiger partial charge in [0.05, 0.1) is 16.3 Å². The SMILES string of the molecule is Cc1ccc(NC(=O)[C@H](C)OC(=O)CSc2[nH]c(=O)cc(C)c2C#N)cc1. The van der Waals surface area contributed by atoms with Gasteiger partial charge >= 0.3 is 5.97 Å². The van der Waals surface area contributed by atoms with Crippen LogP contribution in [0.4, 0.5) is 5.69 Å². The van der Waals surface area contributed by atoms with Crippen LogP contribution < -0.4 is 10.9 Å². The molecule has 0 saturated carbocycles. The smallest absolute Gasteiger partial charge is 0.317 e. The second kappa shape index (κ2) is 9.05. The summed E-state index contributed by atoms with van der Waals surface area (Å²) in [6.45, 7) is 5.06. The van der Waals surface area contributed by atoms with E-state index >= 15 is 0 Å². The van der Waals surface area contributed by atoms with Crippen molar-refractivity contribution in [2.75, 3.05) is 11.1 Å². The molecule has 0 radical (unpaired) electrons. The number of benzene rings is 1. The summed E-state index contributed by atoms with van der Waals surface area (Å²) >= 11 is 0.983. The number of carbonyl (C=O) groups excluding carboxylic acids is 2. The topological polar surface area (TPSA) is 112 Å². The molecule has 0 saturated heterocycles. The van der Waals surface area contributed by atoms with Crippen LogP contribution in [0.3, 0.4) is 0 Å². The maximum atomic E-state index is 12.1. The van der Waals surface area contributed by atoms with E-state index in [2.05, 4.69) is 10.3 Å². The third-order valence-corrected chi connectivity index (χ3v) is 4.62. The highest BCUT2D eigenvalue weighted by atomic mass is 32.2. The molecule has 8 heteroatoms. The van der Waals surface area contributed by atoms with Crippen LogP contribution in [0.15, 0.2) is 40.2 Å². The lowest BCUT2D eigenvalue weighted by Gasteiger charge is -2.14. The summed E-state index contributed by atoms with van der Waals surface area (Å²) < 4.78 is 5.12. The van der Waals surface area contributed by atoms with Gasteiger partial charge in [-0.1, -0.05) is 29.5 Å². The van der Waals surface area contributed by atoms with Crippen LogP contribution in [0.2, 0.25) is 0 Å². The van der Waals surface area contributed by atoms with Gasteiger partial charge in [-0.3, -0.25) is 14.4 Å². The van der Waals surface area contributed by atoms with Crippen molar-refractivity contribution in [3.8, 4) is 6.07 Å². The molecule has 0 unspecified atom stereocenters. The molecule has 1 atom stereocenters. The minimum Gasteiger partial charge on any atom is -0.452 e. The van der Waals surface area contributed by atoms with Gasteiger partial charge < -0.3 is 15.0 Å². The monoisotopic (exact) mass is 385 g/mol. The fourth-order valence-corrected chi connectivity index (χ4v) is 3.06. The number of rotatable bonds is 6. The number of aromatic nitrogens is 1. The summed E-state index contributed by atoms with van der Waals surface area (Å²) in [4.78, 5) is 38.2. The Labute approximate surface area is 160 Å². The predicted octanol–water partition coefficient (Wildman–Crippen LogP) is 2.53. The Morgan fingerprint density at radius 2 is 1.96 bits per heavy atom. The molecule has 140 valence electrons. The van der Waals surface area contributed by atoms with E-state index in [1.807, 2.05) is 25.1 Å². The van der Waals surface area contributed by atoms with Crippen molar-refractivity contribution < 1.29 is 14.3 Å². The van der Waals surface area contributed by atoms with E-state index in [-0.39, 0.29) is 11.3 Å². The van der Waals surface area contributed by atoms with Crippen LogP contribution in [0.5, 0.6) is 0 Å². The number of H-pyrrole nitrogens is 1. The zero-order chi connectivity index (χ0) is 20.0. The molecule has 0 aliphatic carbocycles. The fourth-order valence-electron chi connectivity index (χ4n) is 2.20. The molecule has 0 fully saturated rings. The number of ether oxygens (including phenoxy) is 1. The second-order valence-electron chi connectivity index (χ2n) is 5.91. The van der Waals surface area contributed by atoms with Gasteiger partial charge in [0.25, 0.3) is 5.91 Å². The third-order valence-electron chi connectivity index (χ3n) is 3.65. The van der Waals surface area contributed by atoms with Crippen molar-refractivity contribution in [3.63, 3.8) is 0 Å². The van der Waals surface area contributed by atoms with Crippen molar-refractivity contribution in [2.24, 2.45) is 0 Å². The summed E-state index contributed by atoms with van der Waals surface area (Å²) in [5, 5.41) is 12.1. The Balaban J connectivity index is 1.92. The van der Waals surface area contributed by atoms with E-state index < -0.39 is 18.0 Å². The van der Waals surface area contributed by atoms with E-state index in [0.29, 0.717) is 21.8 Å². The van der Waals surface area contributed by atoms with Crippen LogP contribution in [-0.2, 0) is 14.3 Å². The van der Waals surface area contributed by atoms with E-state index in [9.17, 15) is 19.6 Å². The molecule has 2 N–H and O–H groups in total. The normalized spacial score (nSPS) is 11.3. The molecule has 2 rings (SSSR count). The predicted molar refractivity (Wildman–Crippen MR) is 103 cm³/mol. The zero-order valence-corrected chi connectivity index (χ0v) is 16.0. The number of thioether (sulfide) groups is 1. The van der Waals surface area contributed by atoms with Gasteiger partial charge in [0.1, 0.15) is 6.07 Å². The highest BCUT2D eigenvalue weighted by Crippen LogP contribution is 2.21. The van der Waals surface area contributed by atoms with Crippen LogP contribution in [0.25, 0.3) is 0 Å². The van der Waals surface area contributed by atoms with Crippen LogP contribution in [-0.4, -0.2) is 28.7 Å². The third kappa shape index (κ3) is 5.72. The number of aryl methyl sites for hydroxylation is 2. The average Bonchev–Trinajstić information content (AvgIpc) is 2.61. The number of carbonyl (C=O) groups is 2. The van der Waals surface area contributed by atoms with Gasteiger partial charge in [-0.2, -0.15) is 5.26 Å². The Hall–Kier alpha value is -3.05. The number of pyridine rings is 1. The van der Waals surface area contributed by atoms with Crippen LogP contribution in [0, 0.1) is 25.2 Å². The molecule has 0 aliphatic heterocycles. The molecule has 1 amide bonds. The molecule has 27 heavy (non-hydrogen) atoms. The number of hydrogen-bond donors (Lipinski definition) is 2. The minimum absolute atomic E-state index is 0.143. The van der Waals surface area contributed by atoms with Crippen molar-refractivity contribution in [1.82, 2.24) is 4.98 Å². The highest BCUT2D eigenvalue weighted by molar-refractivity contribution is 7.99. The summed E-state index contributed by atoms with van der Waals surface area (Å²) in [5.41, 5.74) is 2.16. The Morgan fingerprint density at radius 3 is 2.59 bits per heavy atom. The molecule has 1 heterocycles. The summed E-state index contributed by atoms with van der Waals surface area (Å²) in [7, 11) is 0. The summed E-state index contributed by atoms with van der Waals surface area (Å²) in [6, 6.07) is 10.6. The van der Waals surface area contributed by atoms with Gasteiger partial charge in [-0.05, 0) is 38.5 Å². The highest BCUT2D eigenvalue weighted by Gasteiger charge is 2.19. The van der Waals surface area contributed by atoms with E-state index in [1.165, 1.54) is 13.0 Å². The number of nitrogens with zero attached hydrogens (tertiary/aromatic N) is 1. The molecule has 1 aromatic carbocycles. The summed E-state index contributed by atoms with van der Waals surface area (Å²) in [6.07, 6.45) is -0.980. The maximum absolute atomic E-state index is 12.1. The zero-order valence-electron chi connectivity index (χ0n) is 15.2. The van der Waals surface area contributed by atoms with Crippen LogP contribution in [0.1, 0.15) is 23.6 Å². The number of esters is 1. The lowest BCUT2D eigenvalue weighted by Crippen LogP contribution is -2.30.